The summed E-state index contributed by atoms with van der Waals surface area (Å²) in [6.45, 7) is 0.831. The normalized spacial score (nSPS) is 16.7. The Kier molecular flexibility index (Phi) is 8.11. The van der Waals surface area contributed by atoms with Crippen molar-refractivity contribution in [2.45, 2.75) is 12.1 Å². The lowest BCUT2D eigenvalue weighted by atomic mass is 10.0. The van der Waals surface area contributed by atoms with Crippen molar-refractivity contribution < 1.29 is 23.4 Å². The van der Waals surface area contributed by atoms with Gasteiger partial charge >= 0.3 is 5.97 Å². The summed E-state index contributed by atoms with van der Waals surface area (Å²) in [5.74, 6) is 1.27. The van der Waals surface area contributed by atoms with Crippen LogP contribution in [-0.4, -0.2) is 43.5 Å². The Morgan fingerprint density at radius 1 is 1.08 bits per heavy atom. The van der Waals surface area contributed by atoms with Gasteiger partial charge in [0.25, 0.3) is 0 Å². The Balaban J connectivity index is 1.55. The summed E-state index contributed by atoms with van der Waals surface area (Å²) >= 11 is 12.4. The maximum Gasteiger partial charge on any atom is 0.338 e. The molecule has 39 heavy (non-hydrogen) atoms. The van der Waals surface area contributed by atoms with Crippen molar-refractivity contribution in [2.75, 3.05) is 32.3 Å². The van der Waals surface area contributed by atoms with Gasteiger partial charge in [0, 0.05) is 24.6 Å². The number of pyridine rings is 1. The molecule has 5 rings (SSSR count). The second-order valence-corrected chi connectivity index (χ2v) is 9.49. The third kappa shape index (κ3) is 5.47. The molecule has 200 valence electrons. The number of nitrogens with one attached hydrogen (secondary N) is 1. The smallest absolute Gasteiger partial charge is 0.338 e. The molecule has 0 spiro atoms. The van der Waals surface area contributed by atoms with Crippen molar-refractivity contribution in [2.24, 2.45) is 0 Å². The minimum atomic E-state index is -0.442. The van der Waals surface area contributed by atoms with Gasteiger partial charge in [0.05, 0.1) is 36.0 Å². The standard InChI is InChI=1S/C29H26ClN3O5S/c1-35-15-16-37-24-11-10-18(17-21(24)30)33-27(26(32-29(33)39)22-9-5-6-14-31-22)25-13-12-23(38-25)19-7-3-4-8-20(19)28(34)36-2/h3-14,17,26-27H,15-16H2,1-2H3,(H,32,39)/t26-,27+/m1/s1. The number of halogens is 1. The first-order chi connectivity index (χ1) is 19.0. The van der Waals surface area contributed by atoms with E-state index in [1.54, 1.807) is 31.5 Å². The van der Waals surface area contributed by atoms with E-state index in [2.05, 4.69) is 10.3 Å². The topological polar surface area (TPSA) is 86.1 Å². The van der Waals surface area contributed by atoms with Crippen molar-refractivity contribution in [3.63, 3.8) is 0 Å². The quantitative estimate of drug-likeness (QED) is 0.150. The highest BCUT2D eigenvalue weighted by Gasteiger charge is 2.43. The van der Waals surface area contributed by atoms with E-state index in [0.29, 0.717) is 51.7 Å². The molecule has 0 aliphatic carbocycles. The van der Waals surface area contributed by atoms with Gasteiger partial charge in [-0.05, 0) is 60.7 Å². The number of methoxy groups -OCH3 is 2. The molecule has 1 aliphatic heterocycles. The molecule has 1 N–H and O–H groups in total. The van der Waals surface area contributed by atoms with Crippen molar-refractivity contribution >= 4 is 40.6 Å². The van der Waals surface area contributed by atoms with Gasteiger partial charge in [-0.25, -0.2) is 4.79 Å². The number of anilines is 1. The average Bonchev–Trinajstić information content (AvgIpc) is 3.58. The first-order valence-electron chi connectivity index (χ1n) is 12.2. The number of thiocarbonyl (C=S) groups is 1. The number of carbonyl (C=O) groups is 1. The van der Waals surface area contributed by atoms with E-state index in [0.717, 1.165) is 11.4 Å². The van der Waals surface area contributed by atoms with E-state index in [1.165, 1.54) is 7.11 Å². The number of esters is 1. The van der Waals surface area contributed by atoms with Gasteiger partial charge < -0.3 is 28.8 Å². The predicted octanol–water partition coefficient (Wildman–Crippen LogP) is 5.98. The van der Waals surface area contributed by atoms with Crippen molar-refractivity contribution in [3.05, 3.63) is 101 Å². The van der Waals surface area contributed by atoms with E-state index in [4.69, 9.17) is 42.4 Å². The number of carbonyl (C=O) groups excluding carboxylic acids is 1. The third-order valence-electron chi connectivity index (χ3n) is 6.35. The van der Waals surface area contributed by atoms with Crippen LogP contribution in [0.3, 0.4) is 0 Å². The first kappa shape index (κ1) is 26.7. The highest BCUT2D eigenvalue weighted by atomic mass is 35.5. The third-order valence-corrected chi connectivity index (χ3v) is 6.96. The highest BCUT2D eigenvalue weighted by Crippen LogP contribution is 2.44. The predicted molar refractivity (Wildman–Crippen MR) is 152 cm³/mol. The lowest BCUT2D eigenvalue weighted by Gasteiger charge is -2.26. The fourth-order valence-electron chi connectivity index (χ4n) is 4.56. The summed E-state index contributed by atoms with van der Waals surface area (Å²) in [6.07, 6.45) is 1.74. The molecule has 3 heterocycles. The molecular weight excluding hydrogens is 538 g/mol. The monoisotopic (exact) mass is 563 g/mol. The van der Waals surface area contributed by atoms with Crippen molar-refractivity contribution in [1.82, 2.24) is 10.3 Å². The number of ether oxygens (including phenoxy) is 3. The molecule has 0 radical (unpaired) electrons. The Morgan fingerprint density at radius 3 is 2.64 bits per heavy atom. The van der Waals surface area contributed by atoms with Gasteiger partial charge in [-0.1, -0.05) is 35.9 Å². The summed E-state index contributed by atoms with van der Waals surface area (Å²) in [7, 11) is 2.97. The molecular formula is C29H26ClN3O5S. The van der Waals surface area contributed by atoms with Crippen LogP contribution in [0, 0.1) is 0 Å². The largest absolute Gasteiger partial charge is 0.490 e. The number of hydrogen-bond acceptors (Lipinski definition) is 7. The molecule has 2 aromatic carbocycles. The van der Waals surface area contributed by atoms with E-state index in [1.807, 2.05) is 59.5 Å². The highest BCUT2D eigenvalue weighted by molar-refractivity contribution is 7.80. The van der Waals surface area contributed by atoms with Crippen LogP contribution in [0.2, 0.25) is 5.02 Å². The molecule has 2 aromatic heterocycles. The molecule has 1 fully saturated rings. The SMILES string of the molecule is COCCOc1ccc(N2C(=S)N[C@H](c3ccccn3)[C@@H]2c2ccc(-c3ccccc3C(=O)OC)o2)cc1Cl. The lowest BCUT2D eigenvalue weighted by Crippen LogP contribution is -2.29. The van der Waals surface area contributed by atoms with E-state index in [-0.39, 0.29) is 6.04 Å². The number of aromatic nitrogens is 1. The van der Waals surface area contributed by atoms with Crippen LogP contribution in [0.5, 0.6) is 5.75 Å². The Hall–Kier alpha value is -3.92. The van der Waals surface area contributed by atoms with Gasteiger partial charge in [0.15, 0.2) is 5.11 Å². The van der Waals surface area contributed by atoms with Crippen LogP contribution >= 0.6 is 23.8 Å². The minimum absolute atomic E-state index is 0.315. The summed E-state index contributed by atoms with van der Waals surface area (Å²) in [6, 6.07) is 21.4. The van der Waals surface area contributed by atoms with Gasteiger partial charge in [0.1, 0.15) is 29.9 Å². The number of furan rings is 1. The molecule has 0 unspecified atom stereocenters. The molecule has 0 bridgehead atoms. The molecule has 0 amide bonds. The molecule has 1 saturated heterocycles. The van der Waals surface area contributed by atoms with E-state index < -0.39 is 12.0 Å². The van der Waals surface area contributed by atoms with E-state index >= 15 is 0 Å². The maximum absolute atomic E-state index is 12.4. The molecule has 4 aromatic rings. The Morgan fingerprint density at radius 2 is 1.90 bits per heavy atom. The fraction of sp³-hybridized carbons (Fsp3) is 0.207. The van der Waals surface area contributed by atoms with Gasteiger partial charge in [-0.15, -0.1) is 0 Å². The van der Waals surface area contributed by atoms with Gasteiger partial charge in [-0.2, -0.15) is 0 Å². The first-order valence-corrected chi connectivity index (χ1v) is 13.0. The molecule has 0 saturated carbocycles. The van der Waals surface area contributed by atoms with Crippen molar-refractivity contribution in [3.8, 4) is 17.1 Å². The zero-order valence-electron chi connectivity index (χ0n) is 21.3. The lowest BCUT2D eigenvalue weighted by molar-refractivity contribution is 0.0601. The minimum Gasteiger partial charge on any atom is -0.490 e. The summed E-state index contributed by atoms with van der Waals surface area (Å²) in [4.78, 5) is 18.9. The van der Waals surface area contributed by atoms with Crippen LogP contribution in [0.25, 0.3) is 11.3 Å². The van der Waals surface area contributed by atoms with E-state index in [9.17, 15) is 4.79 Å². The second-order valence-electron chi connectivity index (χ2n) is 8.69. The maximum atomic E-state index is 12.4. The zero-order valence-corrected chi connectivity index (χ0v) is 22.9. The number of nitrogens with zero attached hydrogens (tertiary/aromatic N) is 2. The van der Waals surface area contributed by atoms with Crippen LogP contribution in [-0.2, 0) is 9.47 Å². The molecule has 2 atom stereocenters. The average molecular weight is 564 g/mol. The number of benzene rings is 2. The number of rotatable bonds is 9. The molecule has 8 nitrogen and oxygen atoms in total. The van der Waals surface area contributed by atoms with Crippen molar-refractivity contribution in [1.29, 1.82) is 0 Å². The second kappa shape index (κ2) is 11.9. The Labute approximate surface area is 236 Å². The zero-order chi connectivity index (χ0) is 27.4. The van der Waals surface area contributed by atoms with Crippen LogP contribution in [0.15, 0.2) is 83.4 Å². The van der Waals surface area contributed by atoms with Crippen LogP contribution in [0.4, 0.5) is 5.69 Å². The molecule has 1 aliphatic rings. The summed E-state index contributed by atoms with van der Waals surface area (Å²) in [5.41, 5.74) is 2.60. The van der Waals surface area contributed by atoms with Gasteiger partial charge in [-0.3, -0.25) is 4.98 Å². The summed E-state index contributed by atoms with van der Waals surface area (Å²) in [5, 5.41) is 4.34. The molecule has 10 heteroatoms. The Bertz CT molecular complexity index is 1480. The van der Waals surface area contributed by atoms with Gasteiger partial charge in [0.2, 0.25) is 0 Å². The fourth-order valence-corrected chi connectivity index (χ4v) is 5.13. The van der Waals surface area contributed by atoms with Crippen LogP contribution < -0.4 is 15.0 Å². The van der Waals surface area contributed by atoms with Crippen LogP contribution in [0.1, 0.15) is 33.9 Å². The summed E-state index contributed by atoms with van der Waals surface area (Å²) < 4.78 is 22.2. The number of hydrogen-bond donors (Lipinski definition) is 1.